The molecule has 0 unspecified atom stereocenters. The van der Waals surface area contributed by atoms with E-state index >= 15 is 0 Å². The van der Waals surface area contributed by atoms with Crippen LogP contribution in [0.2, 0.25) is 5.02 Å². The second-order valence-corrected chi connectivity index (χ2v) is 9.03. The van der Waals surface area contributed by atoms with Crippen LogP contribution in [0, 0.1) is 13.8 Å². The second kappa shape index (κ2) is 8.09. The van der Waals surface area contributed by atoms with Gasteiger partial charge in [0.2, 0.25) is 10.0 Å². The van der Waals surface area contributed by atoms with Gasteiger partial charge < -0.3 is 9.64 Å². The SMILES string of the molecule is CCOc1cc(S(=O)(=O)N2CCN(c3ccc(C)c(C)c3)CC2)ccc1Cl. The van der Waals surface area contributed by atoms with Crippen LogP contribution in [0.15, 0.2) is 41.3 Å². The maximum absolute atomic E-state index is 13.0. The number of hydrogen-bond donors (Lipinski definition) is 0. The summed E-state index contributed by atoms with van der Waals surface area (Å²) in [7, 11) is -3.57. The molecule has 1 saturated heterocycles. The number of anilines is 1. The van der Waals surface area contributed by atoms with Crippen LogP contribution >= 0.6 is 11.6 Å². The number of piperazine rings is 1. The van der Waals surface area contributed by atoms with Crippen LogP contribution in [-0.2, 0) is 10.0 Å². The number of hydrogen-bond acceptors (Lipinski definition) is 4. The van der Waals surface area contributed by atoms with E-state index in [-0.39, 0.29) is 4.90 Å². The van der Waals surface area contributed by atoms with Crippen molar-refractivity contribution in [2.75, 3.05) is 37.7 Å². The van der Waals surface area contributed by atoms with Gasteiger partial charge in [-0.1, -0.05) is 17.7 Å². The molecule has 0 bridgehead atoms. The molecule has 1 aliphatic heterocycles. The monoisotopic (exact) mass is 408 g/mol. The summed E-state index contributed by atoms with van der Waals surface area (Å²) in [6, 6.07) is 11.0. The molecule has 7 heteroatoms. The zero-order valence-electron chi connectivity index (χ0n) is 15.9. The highest BCUT2D eigenvalue weighted by Gasteiger charge is 2.29. The van der Waals surface area contributed by atoms with Crippen molar-refractivity contribution in [3.8, 4) is 5.75 Å². The van der Waals surface area contributed by atoms with Gasteiger partial charge in [0.25, 0.3) is 0 Å². The van der Waals surface area contributed by atoms with Crippen molar-refractivity contribution in [1.29, 1.82) is 0 Å². The molecule has 27 heavy (non-hydrogen) atoms. The Morgan fingerprint density at radius 3 is 2.33 bits per heavy atom. The third kappa shape index (κ3) is 4.23. The van der Waals surface area contributed by atoms with Crippen LogP contribution in [-0.4, -0.2) is 45.5 Å². The average Bonchev–Trinajstić information content (AvgIpc) is 2.66. The molecule has 0 N–H and O–H groups in total. The number of ether oxygens (including phenoxy) is 1. The van der Waals surface area contributed by atoms with Crippen molar-refractivity contribution < 1.29 is 13.2 Å². The predicted octanol–water partition coefficient (Wildman–Crippen LogP) is 3.87. The summed E-state index contributed by atoms with van der Waals surface area (Å²) in [4.78, 5) is 2.45. The van der Waals surface area contributed by atoms with Crippen molar-refractivity contribution >= 4 is 27.3 Å². The van der Waals surface area contributed by atoms with E-state index in [1.807, 2.05) is 6.92 Å². The highest BCUT2D eigenvalue weighted by molar-refractivity contribution is 7.89. The average molecular weight is 409 g/mol. The molecule has 0 spiro atoms. The smallest absolute Gasteiger partial charge is 0.243 e. The van der Waals surface area contributed by atoms with Gasteiger partial charge in [0.05, 0.1) is 16.5 Å². The fourth-order valence-corrected chi connectivity index (χ4v) is 4.78. The maximum atomic E-state index is 13.0. The number of rotatable bonds is 5. The molecule has 2 aromatic carbocycles. The quantitative estimate of drug-likeness (QED) is 0.753. The van der Waals surface area contributed by atoms with Crippen LogP contribution in [0.5, 0.6) is 5.75 Å². The third-order valence-corrected chi connectivity index (χ3v) is 7.14. The fourth-order valence-electron chi connectivity index (χ4n) is 3.17. The molecule has 146 valence electrons. The summed E-state index contributed by atoms with van der Waals surface area (Å²) in [5, 5.41) is 0.412. The van der Waals surface area contributed by atoms with Gasteiger partial charge in [-0.05, 0) is 56.2 Å². The largest absolute Gasteiger partial charge is 0.492 e. The molecule has 3 rings (SSSR count). The Bertz CT molecular complexity index is 923. The first kappa shape index (κ1) is 20.0. The van der Waals surface area contributed by atoms with E-state index in [0.717, 1.165) is 5.69 Å². The Balaban J connectivity index is 1.74. The molecule has 0 aromatic heterocycles. The highest BCUT2D eigenvalue weighted by atomic mass is 35.5. The van der Waals surface area contributed by atoms with Gasteiger partial charge in [-0.3, -0.25) is 0 Å². The zero-order chi connectivity index (χ0) is 19.6. The summed E-state index contributed by atoms with van der Waals surface area (Å²) >= 11 is 6.08. The van der Waals surface area contributed by atoms with E-state index in [1.54, 1.807) is 6.07 Å². The molecule has 0 radical (unpaired) electrons. The van der Waals surface area contributed by atoms with Crippen molar-refractivity contribution in [2.45, 2.75) is 25.7 Å². The number of nitrogens with zero attached hydrogens (tertiary/aromatic N) is 2. The Morgan fingerprint density at radius 1 is 1.00 bits per heavy atom. The Kier molecular flexibility index (Phi) is 5.99. The lowest BCUT2D eigenvalue weighted by atomic mass is 10.1. The van der Waals surface area contributed by atoms with Crippen molar-refractivity contribution in [3.63, 3.8) is 0 Å². The molecule has 1 heterocycles. The summed E-state index contributed by atoms with van der Waals surface area (Å²) in [6.45, 7) is 8.66. The van der Waals surface area contributed by atoms with Crippen molar-refractivity contribution in [3.05, 3.63) is 52.5 Å². The minimum atomic E-state index is -3.57. The van der Waals surface area contributed by atoms with E-state index in [9.17, 15) is 8.42 Å². The first-order chi connectivity index (χ1) is 12.8. The number of benzene rings is 2. The lowest BCUT2D eigenvalue weighted by Crippen LogP contribution is -2.48. The molecule has 1 fully saturated rings. The second-order valence-electron chi connectivity index (χ2n) is 6.68. The molecule has 5 nitrogen and oxygen atoms in total. The fraction of sp³-hybridized carbons (Fsp3) is 0.400. The predicted molar refractivity (Wildman–Crippen MR) is 110 cm³/mol. The zero-order valence-corrected chi connectivity index (χ0v) is 17.5. The van der Waals surface area contributed by atoms with Gasteiger partial charge in [-0.25, -0.2) is 8.42 Å². The topological polar surface area (TPSA) is 49.9 Å². The van der Waals surface area contributed by atoms with Crippen molar-refractivity contribution in [2.24, 2.45) is 0 Å². The molecular formula is C20H25ClN2O3S. The summed E-state index contributed by atoms with van der Waals surface area (Å²) in [5.74, 6) is 0.397. The molecular weight excluding hydrogens is 384 g/mol. The molecule has 0 saturated carbocycles. The van der Waals surface area contributed by atoms with E-state index in [0.29, 0.717) is 43.6 Å². The molecule has 0 atom stereocenters. The number of sulfonamides is 1. The Morgan fingerprint density at radius 2 is 1.70 bits per heavy atom. The molecule has 0 amide bonds. The minimum Gasteiger partial charge on any atom is -0.492 e. The molecule has 2 aromatic rings. The summed E-state index contributed by atoms with van der Waals surface area (Å²) in [5.41, 5.74) is 3.64. The number of halogens is 1. The van der Waals surface area contributed by atoms with Crippen LogP contribution in [0.3, 0.4) is 0 Å². The summed E-state index contributed by atoms with van der Waals surface area (Å²) < 4.78 is 33.0. The van der Waals surface area contributed by atoms with Gasteiger partial charge in [-0.15, -0.1) is 0 Å². The summed E-state index contributed by atoms with van der Waals surface area (Å²) in [6.07, 6.45) is 0. The van der Waals surface area contributed by atoms with Gasteiger partial charge in [0, 0.05) is 37.9 Å². The van der Waals surface area contributed by atoms with E-state index in [1.165, 1.54) is 27.6 Å². The van der Waals surface area contributed by atoms with Gasteiger partial charge in [0.15, 0.2) is 0 Å². The van der Waals surface area contributed by atoms with E-state index in [4.69, 9.17) is 16.3 Å². The maximum Gasteiger partial charge on any atom is 0.243 e. The van der Waals surface area contributed by atoms with Crippen LogP contribution in [0.1, 0.15) is 18.1 Å². The minimum absolute atomic E-state index is 0.218. The van der Waals surface area contributed by atoms with Gasteiger partial charge in [-0.2, -0.15) is 4.31 Å². The first-order valence-electron chi connectivity index (χ1n) is 9.07. The lowest BCUT2D eigenvalue weighted by Gasteiger charge is -2.35. The third-order valence-electron chi connectivity index (χ3n) is 4.93. The first-order valence-corrected chi connectivity index (χ1v) is 10.9. The molecule has 1 aliphatic rings. The standard InChI is InChI=1S/C20H25ClN2O3S/c1-4-26-20-14-18(7-8-19(20)21)27(24,25)23-11-9-22(10-12-23)17-6-5-15(2)16(3)13-17/h5-8,13-14H,4,9-12H2,1-3H3. The van der Waals surface area contributed by atoms with E-state index < -0.39 is 10.0 Å². The van der Waals surface area contributed by atoms with Crippen LogP contribution in [0.25, 0.3) is 0 Å². The van der Waals surface area contributed by atoms with Gasteiger partial charge >= 0.3 is 0 Å². The number of aryl methyl sites for hydroxylation is 2. The normalized spacial score (nSPS) is 15.8. The Labute approximate surface area is 166 Å². The van der Waals surface area contributed by atoms with Crippen molar-refractivity contribution in [1.82, 2.24) is 4.31 Å². The van der Waals surface area contributed by atoms with E-state index in [2.05, 4.69) is 36.9 Å². The lowest BCUT2D eigenvalue weighted by molar-refractivity contribution is 0.339. The van der Waals surface area contributed by atoms with Crippen LogP contribution in [0.4, 0.5) is 5.69 Å². The van der Waals surface area contributed by atoms with Gasteiger partial charge in [0.1, 0.15) is 5.75 Å². The highest BCUT2D eigenvalue weighted by Crippen LogP contribution is 2.30. The molecule has 0 aliphatic carbocycles. The van der Waals surface area contributed by atoms with Crippen LogP contribution < -0.4 is 9.64 Å². The Hall–Kier alpha value is -1.76.